The number of rotatable bonds is 5. The van der Waals surface area contributed by atoms with Crippen LogP contribution < -0.4 is 9.80 Å². The molecule has 3 aliphatic rings. The van der Waals surface area contributed by atoms with Gasteiger partial charge in [0, 0.05) is 74.2 Å². The van der Waals surface area contributed by atoms with Crippen LogP contribution in [0.5, 0.6) is 0 Å². The Balaban J connectivity index is 1.10. The van der Waals surface area contributed by atoms with Crippen molar-refractivity contribution in [2.75, 3.05) is 49.1 Å². The summed E-state index contributed by atoms with van der Waals surface area (Å²) in [6.45, 7) is 9.45. The van der Waals surface area contributed by atoms with Crippen molar-refractivity contribution in [1.29, 1.82) is 0 Å². The van der Waals surface area contributed by atoms with Crippen LogP contribution in [0.1, 0.15) is 43.5 Å². The number of aryl methyl sites for hydroxylation is 2. The molecule has 200 valence electrons. The quantitative estimate of drug-likeness (QED) is 0.506. The number of amides is 1. The van der Waals surface area contributed by atoms with E-state index in [0.29, 0.717) is 19.6 Å². The van der Waals surface area contributed by atoms with Crippen LogP contribution >= 0.6 is 0 Å². The second-order valence-electron chi connectivity index (χ2n) is 11.3. The lowest BCUT2D eigenvalue weighted by atomic mass is 9.75. The van der Waals surface area contributed by atoms with Gasteiger partial charge in [0.15, 0.2) is 0 Å². The first kappa shape index (κ1) is 24.9. The molecule has 1 saturated carbocycles. The number of fused-ring (bicyclic) bond motifs is 1. The summed E-state index contributed by atoms with van der Waals surface area (Å²) >= 11 is 0. The molecule has 2 atom stereocenters. The molecule has 3 fully saturated rings. The zero-order chi connectivity index (χ0) is 26.1. The normalized spacial score (nSPS) is 21.9. The molecule has 2 aromatic heterocycles. The third-order valence-corrected chi connectivity index (χ3v) is 8.79. The maximum absolute atomic E-state index is 12.9. The van der Waals surface area contributed by atoms with Gasteiger partial charge in [0.05, 0.1) is 5.69 Å². The second-order valence-corrected chi connectivity index (χ2v) is 11.3. The third kappa shape index (κ3) is 5.13. The van der Waals surface area contributed by atoms with Crippen LogP contribution in [0.3, 0.4) is 0 Å². The summed E-state index contributed by atoms with van der Waals surface area (Å²) in [6.07, 6.45) is 10.8. The molecular weight excluding hydrogens is 474 g/mol. The van der Waals surface area contributed by atoms with Gasteiger partial charge in [-0.15, -0.1) is 0 Å². The summed E-state index contributed by atoms with van der Waals surface area (Å²) in [5.74, 6) is 2.70. The largest absolute Gasteiger partial charge is 0.367 e. The van der Waals surface area contributed by atoms with Crippen molar-refractivity contribution in [3.05, 3.63) is 54.1 Å². The van der Waals surface area contributed by atoms with Crippen molar-refractivity contribution in [3.8, 4) is 11.1 Å². The average molecular weight is 514 g/mol. The summed E-state index contributed by atoms with van der Waals surface area (Å²) in [5.41, 5.74) is 5.34. The van der Waals surface area contributed by atoms with Crippen LogP contribution in [0.15, 0.2) is 42.7 Å². The highest BCUT2D eigenvalue weighted by Gasteiger charge is 2.32. The summed E-state index contributed by atoms with van der Waals surface area (Å²) in [7, 11) is 0. The molecule has 1 aromatic carbocycles. The number of para-hydroxylation sites is 1. The smallest absolute Gasteiger partial charge is 0.244 e. The van der Waals surface area contributed by atoms with E-state index in [4.69, 9.17) is 9.97 Å². The van der Waals surface area contributed by atoms with Crippen molar-refractivity contribution in [1.82, 2.24) is 24.6 Å². The Morgan fingerprint density at radius 2 is 1.63 bits per heavy atom. The zero-order valence-corrected chi connectivity index (χ0v) is 22.7. The topological polar surface area (TPSA) is 70.4 Å². The van der Waals surface area contributed by atoms with Gasteiger partial charge >= 0.3 is 0 Å². The number of carbonyl (C=O) groups is 1. The molecule has 2 saturated heterocycles. The minimum Gasteiger partial charge on any atom is -0.367 e. The Morgan fingerprint density at radius 3 is 2.37 bits per heavy atom. The Kier molecular flexibility index (Phi) is 7.04. The van der Waals surface area contributed by atoms with E-state index in [-0.39, 0.29) is 5.91 Å². The number of aromatic nitrogens is 4. The molecule has 0 spiro atoms. The van der Waals surface area contributed by atoms with Crippen LogP contribution in [0.4, 0.5) is 11.6 Å². The number of piperazine rings is 1. The summed E-state index contributed by atoms with van der Waals surface area (Å²) in [5, 5.41) is 4.45. The van der Waals surface area contributed by atoms with Crippen LogP contribution in [-0.4, -0.2) is 69.8 Å². The lowest BCUT2D eigenvalue weighted by molar-refractivity contribution is -0.132. The number of benzene rings is 1. The highest BCUT2D eigenvalue weighted by atomic mass is 16.2. The molecular formula is C30H39N7O. The number of nitrogens with zero attached hydrogens (tertiary/aromatic N) is 7. The van der Waals surface area contributed by atoms with Crippen molar-refractivity contribution in [2.24, 2.45) is 11.8 Å². The number of anilines is 2. The standard InChI is InChI=1S/C30H39N7O/c1-22-17-23(2)37(33-22)21-29(38)35-15-13-34(14-16-35)28-10-6-5-9-27(28)26-18-31-30(32-19-26)36-12-11-24-7-3-4-8-25(24)20-36/h5-6,9-10,17-19,24-25H,3-4,7-8,11-16,20-21H2,1-2H3. The van der Waals surface area contributed by atoms with E-state index in [0.717, 1.165) is 66.5 Å². The van der Waals surface area contributed by atoms with Crippen molar-refractivity contribution >= 4 is 17.5 Å². The molecule has 8 heteroatoms. The maximum atomic E-state index is 12.9. The fourth-order valence-electron chi connectivity index (χ4n) is 6.66. The lowest BCUT2D eigenvalue weighted by Gasteiger charge is -2.41. The molecule has 38 heavy (non-hydrogen) atoms. The number of hydrogen-bond acceptors (Lipinski definition) is 6. The van der Waals surface area contributed by atoms with Gasteiger partial charge < -0.3 is 14.7 Å². The SMILES string of the molecule is Cc1cc(C)n(CC(=O)N2CCN(c3ccccc3-c3cnc(N4CCC5CCCCC5C4)nc3)CC2)n1. The monoisotopic (exact) mass is 513 g/mol. The highest BCUT2D eigenvalue weighted by Crippen LogP contribution is 2.37. The molecule has 8 nitrogen and oxygen atoms in total. The van der Waals surface area contributed by atoms with Gasteiger partial charge in [-0.1, -0.05) is 37.5 Å². The van der Waals surface area contributed by atoms with Crippen LogP contribution in [-0.2, 0) is 11.3 Å². The Labute approximate surface area is 225 Å². The van der Waals surface area contributed by atoms with E-state index in [1.807, 2.05) is 37.2 Å². The van der Waals surface area contributed by atoms with Gasteiger partial charge in [0.2, 0.25) is 11.9 Å². The summed E-state index contributed by atoms with van der Waals surface area (Å²) in [4.78, 5) is 29.3. The number of carbonyl (C=O) groups excluding carboxylic acids is 1. The van der Waals surface area contributed by atoms with E-state index in [9.17, 15) is 4.79 Å². The molecule has 2 unspecified atom stereocenters. The van der Waals surface area contributed by atoms with Gasteiger partial charge in [-0.05, 0) is 50.7 Å². The highest BCUT2D eigenvalue weighted by molar-refractivity contribution is 5.79. The molecule has 0 bridgehead atoms. The van der Waals surface area contributed by atoms with Crippen LogP contribution in [0.2, 0.25) is 0 Å². The minimum atomic E-state index is 0.130. The zero-order valence-electron chi connectivity index (χ0n) is 22.7. The Hall–Kier alpha value is -3.42. The summed E-state index contributed by atoms with van der Waals surface area (Å²) in [6, 6.07) is 10.5. The van der Waals surface area contributed by atoms with Crippen molar-refractivity contribution in [3.63, 3.8) is 0 Å². The number of hydrogen-bond donors (Lipinski definition) is 0. The predicted octanol–water partition coefficient (Wildman–Crippen LogP) is 4.32. The molecule has 6 rings (SSSR count). The molecule has 0 N–H and O–H groups in total. The summed E-state index contributed by atoms with van der Waals surface area (Å²) < 4.78 is 1.81. The molecule has 1 aliphatic carbocycles. The molecule has 1 amide bonds. The first-order chi connectivity index (χ1) is 18.5. The van der Waals surface area contributed by atoms with E-state index in [1.165, 1.54) is 37.8 Å². The molecule has 0 radical (unpaired) electrons. The minimum absolute atomic E-state index is 0.130. The van der Waals surface area contributed by atoms with Crippen LogP contribution in [0, 0.1) is 25.7 Å². The third-order valence-electron chi connectivity index (χ3n) is 8.79. The van der Waals surface area contributed by atoms with Gasteiger partial charge in [-0.25, -0.2) is 9.97 Å². The van der Waals surface area contributed by atoms with Crippen molar-refractivity contribution < 1.29 is 4.79 Å². The number of piperidine rings is 1. The van der Waals surface area contributed by atoms with Crippen molar-refractivity contribution in [2.45, 2.75) is 52.5 Å². The molecule has 2 aliphatic heterocycles. The predicted molar refractivity (Wildman–Crippen MR) is 150 cm³/mol. The maximum Gasteiger partial charge on any atom is 0.244 e. The fourth-order valence-corrected chi connectivity index (χ4v) is 6.66. The van der Waals surface area contributed by atoms with Gasteiger partial charge in [0.25, 0.3) is 0 Å². The van der Waals surface area contributed by atoms with E-state index in [2.05, 4.69) is 39.2 Å². The molecule has 4 heterocycles. The van der Waals surface area contributed by atoms with E-state index < -0.39 is 0 Å². The van der Waals surface area contributed by atoms with Gasteiger partial charge in [-0.3, -0.25) is 9.48 Å². The lowest BCUT2D eigenvalue weighted by Crippen LogP contribution is -2.49. The Bertz CT molecular complexity index is 1260. The van der Waals surface area contributed by atoms with E-state index in [1.54, 1.807) is 4.68 Å². The second kappa shape index (κ2) is 10.8. The van der Waals surface area contributed by atoms with Crippen LogP contribution in [0.25, 0.3) is 11.1 Å². The van der Waals surface area contributed by atoms with Gasteiger partial charge in [0.1, 0.15) is 6.54 Å². The first-order valence-electron chi connectivity index (χ1n) is 14.3. The average Bonchev–Trinajstić information content (AvgIpc) is 3.28. The van der Waals surface area contributed by atoms with Gasteiger partial charge in [-0.2, -0.15) is 5.10 Å². The van der Waals surface area contributed by atoms with E-state index >= 15 is 0 Å². The first-order valence-corrected chi connectivity index (χ1v) is 14.3. The molecule has 3 aromatic rings. The fraction of sp³-hybridized carbons (Fsp3) is 0.533. The Morgan fingerprint density at radius 1 is 0.895 bits per heavy atom.